The number of carbonyl (C=O) groups excluding carboxylic acids is 2. The van der Waals surface area contributed by atoms with Gasteiger partial charge in [-0.3, -0.25) is 4.79 Å². The van der Waals surface area contributed by atoms with Gasteiger partial charge in [0.25, 0.3) is 5.91 Å². The Bertz CT molecular complexity index is 1020. The normalized spacial score (nSPS) is 10.9. The molecule has 0 unspecified atom stereocenters. The molecule has 0 radical (unpaired) electrons. The van der Waals surface area contributed by atoms with Crippen molar-refractivity contribution in [3.63, 3.8) is 0 Å². The number of aryl methyl sites for hydroxylation is 1. The molecule has 0 aliphatic heterocycles. The van der Waals surface area contributed by atoms with Crippen molar-refractivity contribution in [3.8, 4) is 5.75 Å². The van der Waals surface area contributed by atoms with E-state index in [1.165, 1.54) is 24.3 Å². The van der Waals surface area contributed by atoms with Crippen molar-refractivity contribution in [1.82, 2.24) is 0 Å². The molecule has 0 saturated carbocycles. The number of esters is 1. The fourth-order valence-electron chi connectivity index (χ4n) is 2.50. The van der Waals surface area contributed by atoms with Crippen LogP contribution in [-0.4, -0.2) is 25.1 Å². The highest BCUT2D eigenvalue weighted by Gasteiger charge is 2.20. The minimum atomic E-state index is -2.93. The summed E-state index contributed by atoms with van der Waals surface area (Å²) in [6.07, 6.45) is 0. The zero-order valence-electron chi connectivity index (χ0n) is 14.5. The maximum Gasteiger partial charge on any atom is 0.387 e. The summed E-state index contributed by atoms with van der Waals surface area (Å²) in [5.74, 6) is -1.37. The molecule has 0 saturated heterocycles. The van der Waals surface area contributed by atoms with E-state index in [2.05, 4.69) is 26.0 Å². The number of carbonyl (C=O) groups is 2. The molecule has 0 fully saturated rings. The fourth-order valence-corrected chi connectivity index (χ4v) is 2.86. The number of anilines is 1. The zero-order chi connectivity index (χ0) is 20.3. The lowest BCUT2D eigenvalue weighted by molar-refractivity contribution is -0.119. The molecule has 0 bridgehead atoms. The van der Waals surface area contributed by atoms with Crippen LogP contribution in [0.4, 0.5) is 14.5 Å². The van der Waals surface area contributed by atoms with Crippen LogP contribution in [0.15, 0.2) is 51.4 Å². The molecular formula is C19H14BrF2NO5. The summed E-state index contributed by atoms with van der Waals surface area (Å²) >= 11 is 3.35. The van der Waals surface area contributed by atoms with Crippen molar-refractivity contribution in [3.05, 3.63) is 58.3 Å². The Hall–Kier alpha value is -2.94. The second-order valence-corrected chi connectivity index (χ2v) is 6.64. The Morgan fingerprint density at radius 2 is 1.89 bits per heavy atom. The highest BCUT2D eigenvalue weighted by atomic mass is 79.9. The Kier molecular flexibility index (Phi) is 5.93. The summed E-state index contributed by atoms with van der Waals surface area (Å²) in [6.45, 7) is -1.74. The van der Waals surface area contributed by atoms with E-state index in [1.807, 2.05) is 6.07 Å². The van der Waals surface area contributed by atoms with Crippen LogP contribution in [0.2, 0.25) is 0 Å². The third-order valence-corrected chi connectivity index (χ3v) is 4.27. The fraction of sp³-hybridized carbons (Fsp3) is 0.158. The maximum atomic E-state index is 12.2. The molecule has 0 atom stereocenters. The topological polar surface area (TPSA) is 77.8 Å². The molecule has 1 aromatic heterocycles. The van der Waals surface area contributed by atoms with Crippen LogP contribution in [0.3, 0.4) is 0 Å². The minimum absolute atomic E-state index is 0.0226. The highest BCUT2D eigenvalue weighted by Crippen LogP contribution is 2.28. The Morgan fingerprint density at radius 3 is 2.57 bits per heavy atom. The molecule has 3 rings (SSSR count). The lowest BCUT2D eigenvalue weighted by atomic mass is 10.1. The summed E-state index contributed by atoms with van der Waals surface area (Å²) in [4.78, 5) is 24.2. The molecule has 9 heteroatoms. The number of amides is 1. The van der Waals surface area contributed by atoms with Crippen LogP contribution in [-0.2, 0) is 9.53 Å². The number of furan rings is 1. The molecule has 1 N–H and O–H groups in total. The van der Waals surface area contributed by atoms with E-state index >= 15 is 0 Å². The quantitative estimate of drug-likeness (QED) is 0.537. The Morgan fingerprint density at radius 1 is 1.18 bits per heavy atom. The van der Waals surface area contributed by atoms with Crippen molar-refractivity contribution in [2.45, 2.75) is 13.5 Å². The maximum absolute atomic E-state index is 12.2. The van der Waals surface area contributed by atoms with Crippen LogP contribution in [0.1, 0.15) is 16.1 Å². The van der Waals surface area contributed by atoms with Gasteiger partial charge < -0.3 is 19.2 Å². The molecule has 3 aromatic rings. The second kappa shape index (κ2) is 8.39. The number of rotatable bonds is 6. The number of hydrogen-bond donors (Lipinski definition) is 1. The van der Waals surface area contributed by atoms with Gasteiger partial charge in [-0.15, -0.1) is 0 Å². The van der Waals surface area contributed by atoms with Crippen molar-refractivity contribution in [1.29, 1.82) is 0 Å². The number of nitrogens with one attached hydrogen (secondary N) is 1. The van der Waals surface area contributed by atoms with Crippen LogP contribution < -0.4 is 10.1 Å². The van der Waals surface area contributed by atoms with Gasteiger partial charge in [-0.25, -0.2) is 4.79 Å². The number of fused-ring (bicyclic) bond motifs is 1. The molecule has 28 heavy (non-hydrogen) atoms. The summed E-state index contributed by atoms with van der Waals surface area (Å²) in [5.41, 5.74) is 1.48. The number of alkyl halides is 2. The van der Waals surface area contributed by atoms with Gasteiger partial charge in [0.05, 0.1) is 0 Å². The Labute approximate surface area is 166 Å². The van der Waals surface area contributed by atoms with Gasteiger partial charge in [-0.05, 0) is 49.4 Å². The van der Waals surface area contributed by atoms with Crippen LogP contribution in [0, 0.1) is 6.92 Å². The van der Waals surface area contributed by atoms with Gasteiger partial charge >= 0.3 is 12.6 Å². The highest BCUT2D eigenvalue weighted by molar-refractivity contribution is 9.10. The van der Waals surface area contributed by atoms with E-state index < -0.39 is 25.1 Å². The average Bonchev–Trinajstić information content (AvgIpc) is 2.97. The van der Waals surface area contributed by atoms with Crippen LogP contribution >= 0.6 is 15.9 Å². The van der Waals surface area contributed by atoms with Gasteiger partial charge in [0.2, 0.25) is 5.76 Å². The van der Waals surface area contributed by atoms with Crippen LogP contribution in [0.5, 0.6) is 5.75 Å². The summed E-state index contributed by atoms with van der Waals surface area (Å²) in [5, 5.41) is 3.24. The third-order valence-electron chi connectivity index (χ3n) is 3.78. The van der Waals surface area contributed by atoms with Gasteiger partial charge in [0.15, 0.2) is 6.61 Å². The van der Waals surface area contributed by atoms with Crippen molar-refractivity contribution < 1.29 is 32.3 Å². The third kappa shape index (κ3) is 4.66. The van der Waals surface area contributed by atoms with E-state index in [-0.39, 0.29) is 11.5 Å². The number of ether oxygens (including phenoxy) is 2. The lowest BCUT2D eigenvalue weighted by Crippen LogP contribution is -2.21. The SMILES string of the molecule is Cc1c(C(=O)OCC(=O)Nc2ccc(OC(F)F)cc2)oc2ccc(Br)cc12. The van der Waals surface area contributed by atoms with E-state index in [1.54, 1.807) is 19.1 Å². The molecular weight excluding hydrogens is 440 g/mol. The predicted molar refractivity (Wildman–Crippen MR) is 101 cm³/mol. The molecule has 146 valence electrons. The first kappa shape index (κ1) is 19.8. The first-order valence-electron chi connectivity index (χ1n) is 8.04. The van der Waals surface area contributed by atoms with Crippen molar-refractivity contribution in [2.24, 2.45) is 0 Å². The predicted octanol–water partition coefficient (Wildman–Crippen LogP) is 4.90. The summed E-state index contributed by atoms with van der Waals surface area (Å²) < 4.78 is 39.8. The van der Waals surface area contributed by atoms with Crippen molar-refractivity contribution >= 4 is 44.5 Å². The molecule has 6 nitrogen and oxygen atoms in total. The standard InChI is InChI=1S/C19H14BrF2NO5/c1-10-14-8-11(20)2-7-15(14)28-17(10)18(25)26-9-16(24)23-12-3-5-13(6-4-12)27-19(21)22/h2-8,19H,9H2,1H3,(H,23,24). The first-order chi connectivity index (χ1) is 13.3. The molecule has 1 heterocycles. The number of halogens is 3. The van der Waals surface area contributed by atoms with Gasteiger partial charge in [-0.2, -0.15) is 8.78 Å². The molecule has 2 aromatic carbocycles. The van der Waals surface area contributed by atoms with Crippen LogP contribution in [0.25, 0.3) is 11.0 Å². The minimum Gasteiger partial charge on any atom is -0.450 e. The van der Waals surface area contributed by atoms with E-state index in [9.17, 15) is 18.4 Å². The lowest BCUT2D eigenvalue weighted by Gasteiger charge is -2.08. The number of benzene rings is 2. The zero-order valence-corrected chi connectivity index (χ0v) is 16.1. The van der Waals surface area contributed by atoms with E-state index in [4.69, 9.17) is 9.15 Å². The molecule has 1 amide bonds. The number of hydrogen-bond acceptors (Lipinski definition) is 5. The van der Waals surface area contributed by atoms with Gasteiger partial charge in [0.1, 0.15) is 11.3 Å². The average molecular weight is 454 g/mol. The largest absolute Gasteiger partial charge is 0.450 e. The molecule has 0 aliphatic carbocycles. The summed E-state index contributed by atoms with van der Waals surface area (Å²) in [7, 11) is 0. The van der Waals surface area contributed by atoms with E-state index in [0.29, 0.717) is 16.8 Å². The first-order valence-corrected chi connectivity index (χ1v) is 8.83. The van der Waals surface area contributed by atoms with E-state index in [0.717, 1.165) is 9.86 Å². The summed E-state index contributed by atoms with van der Waals surface area (Å²) in [6, 6.07) is 10.7. The molecule has 0 aliphatic rings. The second-order valence-electron chi connectivity index (χ2n) is 5.72. The van der Waals surface area contributed by atoms with Gasteiger partial charge in [-0.1, -0.05) is 15.9 Å². The van der Waals surface area contributed by atoms with Crippen molar-refractivity contribution in [2.75, 3.05) is 11.9 Å². The van der Waals surface area contributed by atoms with Gasteiger partial charge in [0, 0.05) is 21.1 Å². The molecule has 0 spiro atoms. The monoisotopic (exact) mass is 453 g/mol. The smallest absolute Gasteiger partial charge is 0.387 e. The Balaban J connectivity index is 1.58.